The molecule has 35 heavy (non-hydrogen) atoms. The van der Waals surface area contributed by atoms with Crippen LogP contribution in [-0.2, 0) is 16.1 Å². The molecular weight excluding hydrogens is 446 g/mol. The zero-order valence-corrected chi connectivity index (χ0v) is 20.6. The maximum absolute atomic E-state index is 13.4. The van der Waals surface area contributed by atoms with E-state index in [1.807, 2.05) is 30.3 Å². The molecule has 0 bridgehead atoms. The molecule has 190 valence electrons. The number of rotatable bonds is 11. The number of carboxylic acids is 1. The number of urea groups is 1. The number of fused-ring (bicyclic) bond motifs is 1. The van der Waals surface area contributed by atoms with E-state index in [4.69, 9.17) is 6.42 Å². The Balaban J connectivity index is 1.80. The molecule has 9 heteroatoms. The van der Waals surface area contributed by atoms with Crippen LogP contribution in [0.2, 0.25) is 0 Å². The maximum Gasteiger partial charge on any atom is 0.334 e. The van der Waals surface area contributed by atoms with Gasteiger partial charge in [0.05, 0.1) is 25.6 Å². The van der Waals surface area contributed by atoms with Crippen molar-refractivity contribution in [2.45, 2.75) is 64.2 Å². The van der Waals surface area contributed by atoms with Gasteiger partial charge >= 0.3 is 12.0 Å². The molecule has 9 nitrogen and oxygen atoms in total. The van der Waals surface area contributed by atoms with E-state index in [1.165, 1.54) is 24.3 Å². The molecule has 2 aliphatic rings. The number of benzene rings is 1. The lowest BCUT2D eigenvalue weighted by Crippen LogP contribution is -2.75. The summed E-state index contributed by atoms with van der Waals surface area (Å²) in [4.78, 5) is 42.0. The quantitative estimate of drug-likeness (QED) is 0.371. The molecule has 0 saturated carbocycles. The molecule has 2 N–H and O–H groups in total. The summed E-state index contributed by atoms with van der Waals surface area (Å²) in [5.74, 6) is 1.38. The van der Waals surface area contributed by atoms with E-state index in [2.05, 4.69) is 23.1 Å². The Labute approximate surface area is 208 Å². The van der Waals surface area contributed by atoms with Crippen LogP contribution in [0.3, 0.4) is 0 Å². The smallest absolute Gasteiger partial charge is 0.334 e. The molecule has 0 spiro atoms. The third kappa shape index (κ3) is 7.20. The number of hydrazine groups is 1. The zero-order chi connectivity index (χ0) is 25.2. The first-order valence-electron chi connectivity index (χ1n) is 12.5. The molecule has 1 aromatic carbocycles. The summed E-state index contributed by atoms with van der Waals surface area (Å²) in [6.07, 6.45) is 10.4. The van der Waals surface area contributed by atoms with Crippen molar-refractivity contribution in [3.63, 3.8) is 0 Å². The molecule has 1 aromatic rings. The van der Waals surface area contributed by atoms with Crippen molar-refractivity contribution >= 4 is 17.9 Å². The molecule has 0 aromatic heterocycles. The van der Waals surface area contributed by atoms with E-state index in [0.717, 1.165) is 24.9 Å². The summed E-state index contributed by atoms with van der Waals surface area (Å²) >= 11 is 0. The maximum atomic E-state index is 13.4. The van der Waals surface area contributed by atoms with Crippen LogP contribution in [0.4, 0.5) is 4.79 Å². The van der Waals surface area contributed by atoms with Crippen LogP contribution < -0.4 is 5.32 Å². The monoisotopic (exact) mass is 483 g/mol. The zero-order valence-electron chi connectivity index (χ0n) is 20.6. The normalized spacial score (nSPS) is 20.9. The number of hydrogen-bond acceptors (Lipinski definition) is 5. The van der Waals surface area contributed by atoms with Crippen LogP contribution in [0.25, 0.3) is 0 Å². The molecule has 3 rings (SSSR count). The Morgan fingerprint density at radius 1 is 1.14 bits per heavy atom. The van der Waals surface area contributed by atoms with Crippen molar-refractivity contribution in [3.05, 3.63) is 35.9 Å². The van der Waals surface area contributed by atoms with Gasteiger partial charge in [-0.3, -0.25) is 14.5 Å². The highest BCUT2D eigenvalue weighted by Gasteiger charge is 2.48. The number of piperazine rings is 1. The SMILES string of the molecule is C#CCN1CC(=O)N2[C@@H](CC(=O)O)CN(CCCCCCC)C[C@@H]2N1C(=O)NCc1ccccc1. The summed E-state index contributed by atoms with van der Waals surface area (Å²) in [7, 11) is 0. The lowest BCUT2D eigenvalue weighted by Gasteiger charge is -2.55. The van der Waals surface area contributed by atoms with Gasteiger partial charge in [0.1, 0.15) is 6.17 Å². The number of carbonyl (C=O) groups is 3. The Bertz CT molecular complexity index is 903. The average molecular weight is 484 g/mol. The van der Waals surface area contributed by atoms with Gasteiger partial charge < -0.3 is 15.3 Å². The van der Waals surface area contributed by atoms with Gasteiger partial charge in [-0.05, 0) is 18.5 Å². The Kier molecular flexibility index (Phi) is 9.94. The van der Waals surface area contributed by atoms with Crippen LogP contribution in [0.5, 0.6) is 0 Å². The third-order valence-electron chi connectivity index (χ3n) is 6.55. The molecule has 2 fully saturated rings. The largest absolute Gasteiger partial charge is 0.481 e. The first-order valence-corrected chi connectivity index (χ1v) is 12.5. The van der Waals surface area contributed by atoms with Gasteiger partial charge in [-0.2, -0.15) is 5.01 Å². The Hall–Kier alpha value is -3.09. The second kappa shape index (κ2) is 13.1. The van der Waals surface area contributed by atoms with Gasteiger partial charge in [0, 0.05) is 19.6 Å². The summed E-state index contributed by atoms with van der Waals surface area (Å²) in [5, 5.41) is 15.6. The van der Waals surface area contributed by atoms with Crippen molar-refractivity contribution in [2.24, 2.45) is 0 Å². The number of nitrogens with one attached hydrogen (secondary N) is 1. The van der Waals surface area contributed by atoms with Crippen molar-refractivity contribution in [1.82, 2.24) is 25.1 Å². The van der Waals surface area contributed by atoms with E-state index in [-0.39, 0.29) is 31.4 Å². The van der Waals surface area contributed by atoms with E-state index in [9.17, 15) is 19.5 Å². The van der Waals surface area contributed by atoms with Crippen LogP contribution >= 0.6 is 0 Å². The topological polar surface area (TPSA) is 96.4 Å². The fourth-order valence-electron chi connectivity index (χ4n) is 4.93. The Morgan fingerprint density at radius 3 is 2.57 bits per heavy atom. The number of amides is 3. The van der Waals surface area contributed by atoms with Crippen LogP contribution in [0.1, 0.15) is 51.0 Å². The number of unbranched alkanes of at least 4 members (excludes halogenated alkanes) is 4. The fourth-order valence-corrected chi connectivity index (χ4v) is 4.93. The lowest BCUT2D eigenvalue weighted by molar-refractivity contribution is -0.183. The molecule has 0 radical (unpaired) electrons. The fraction of sp³-hybridized carbons (Fsp3) is 0.577. The molecule has 3 amide bonds. The van der Waals surface area contributed by atoms with Gasteiger partial charge in [-0.25, -0.2) is 9.80 Å². The van der Waals surface area contributed by atoms with Crippen LogP contribution in [0.15, 0.2) is 30.3 Å². The summed E-state index contributed by atoms with van der Waals surface area (Å²) in [6.45, 7) is 4.29. The van der Waals surface area contributed by atoms with E-state index in [0.29, 0.717) is 19.6 Å². The highest BCUT2D eigenvalue weighted by Crippen LogP contribution is 2.27. The van der Waals surface area contributed by atoms with Crippen molar-refractivity contribution in [1.29, 1.82) is 0 Å². The van der Waals surface area contributed by atoms with Crippen molar-refractivity contribution in [2.75, 3.05) is 32.7 Å². The molecular formula is C26H37N5O4. The predicted octanol–water partition coefficient (Wildman–Crippen LogP) is 2.35. The van der Waals surface area contributed by atoms with E-state index < -0.39 is 18.2 Å². The minimum atomic E-state index is -0.961. The van der Waals surface area contributed by atoms with Crippen molar-refractivity contribution < 1.29 is 19.5 Å². The molecule has 0 aliphatic carbocycles. The number of aliphatic carboxylic acids is 1. The standard InChI is InChI=1S/C26H37N5O4/c1-3-5-6-7-11-15-28-18-22(16-25(33)34)30-23(19-28)31(29(14-4-2)20-24(30)32)26(35)27-17-21-12-9-8-10-13-21/h2,8-10,12-13,22-23H,3,5-7,11,14-20H2,1H3,(H,27,35)(H,33,34)/t22-,23-/m0/s1. The summed E-state index contributed by atoms with van der Waals surface area (Å²) < 4.78 is 0. The van der Waals surface area contributed by atoms with Crippen LogP contribution in [-0.4, -0.2) is 87.8 Å². The van der Waals surface area contributed by atoms with E-state index >= 15 is 0 Å². The molecule has 2 aliphatic heterocycles. The minimum absolute atomic E-state index is 0.0629. The number of carboxylic acid groups (broad SMARTS) is 1. The van der Waals surface area contributed by atoms with Crippen LogP contribution in [0, 0.1) is 12.3 Å². The molecule has 2 saturated heterocycles. The molecule has 0 unspecified atom stereocenters. The van der Waals surface area contributed by atoms with Gasteiger partial charge in [-0.15, -0.1) is 6.42 Å². The summed E-state index contributed by atoms with van der Waals surface area (Å²) in [5.41, 5.74) is 0.954. The molecule has 2 heterocycles. The number of nitrogens with zero attached hydrogens (tertiary/aromatic N) is 4. The second-order valence-corrected chi connectivity index (χ2v) is 9.22. The highest BCUT2D eigenvalue weighted by atomic mass is 16.4. The van der Waals surface area contributed by atoms with Gasteiger partial charge in [0.2, 0.25) is 5.91 Å². The Morgan fingerprint density at radius 2 is 1.89 bits per heavy atom. The number of hydrogen-bond donors (Lipinski definition) is 2. The van der Waals surface area contributed by atoms with Gasteiger partial charge in [0.15, 0.2) is 0 Å². The van der Waals surface area contributed by atoms with E-state index in [1.54, 1.807) is 9.91 Å². The number of terminal acetylenes is 1. The van der Waals surface area contributed by atoms with Crippen molar-refractivity contribution in [3.8, 4) is 12.3 Å². The highest BCUT2D eigenvalue weighted by molar-refractivity contribution is 5.83. The third-order valence-corrected chi connectivity index (χ3v) is 6.55. The summed E-state index contributed by atoms with van der Waals surface area (Å²) in [6, 6.07) is 8.71. The second-order valence-electron chi connectivity index (χ2n) is 9.22. The number of carbonyl (C=O) groups excluding carboxylic acids is 2. The van der Waals surface area contributed by atoms with Gasteiger partial charge in [0.25, 0.3) is 0 Å². The average Bonchev–Trinajstić information content (AvgIpc) is 2.83. The lowest BCUT2D eigenvalue weighted by atomic mass is 10.0. The molecule has 2 atom stereocenters. The minimum Gasteiger partial charge on any atom is -0.481 e. The van der Waals surface area contributed by atoms with Gasteiger partial charge in [-0.1, -0.05) is 68.9 Å². The first kappa shape index (κ1) is 26.5. The predicted molar refractivity (Wildman–Crippen MR) is 133 cm³/mol. The first-order chi connectivity index (χ1) is 16.9.